The van der Waals surface area contributed by atoms with Crippen molar-refractivity contribution in [2.75, 3.05) is 6.61 Å². The number of alkyl carbamates (subject to hydrolysis) is 1. The molecule has 1 amide bonds. The van der Waals surface area contributed by atoms with Gasteiger partial charge in [0, 0.05) is 12.5 Å². The maximum Gasteiger partial charge on any atom is 0.422 e. The summed E-state index contributed by atoms with van der Waals surface area (Å²) in [5.41, 5.74) is 0. The van der Waals surface area contributed by atoms with Crippen molar-refractivity contribution in [3.8, 4) is 0 Å². The lowest BCUT2D eigenvalue weighted by Gasteiger charge is -2.14. The smallest absolute Gasteiger partial charge is 0.422 e. The average molecular weight is 257 g/mol. The predicted octanol–water partition coefficient (Wildman–Crippen LogP) is 1.92. The molecule has 1 atom stereocenters. The van der Waals surface area contributed by atoms with Crippen molar-refractivity contribution in [1.29, 1.82) is 0 Å². The van der Waals surface area contributed by atoms with E-state index in [0.29, 0.717) is 12.8 Å². The summed E-state index contributed by atoms with van der Waals surface area (Å²) in [5.74, 6) is -0.961. The highest BCUT2D eigenvalue weighted by molar-refractivity contribution is 5.67. The van der Waals surface area contributed by atoms with Crippen LogP contribution in [0.5, 0.6) is 0 Å². The number of carboxylic acid groups (broad SMARTS) is 1. The lowest BCUT2D eigenvalue weighted by Crippen LogP contribution is -2.35. The summed E-state index contributed by atoms with van der Waals surface area (Å²) in [4.78, 5) is 21.0. The van der Waals surface area contributed by atoms with Gasteiger partial charge in [-0.1, -0.05) is 0 Å². The zero-order valence-electron chi connectivity index (χ0n) is 9.21. The fraction of sp³-hybridized carbons (Fsp3) is 0.778. The monoisotopic (exact) mass is 257 g/mol. The van der Waals surface area contributed by atoms with E-state index in [9.17, 15) is 22.8 Å². The minimum absolute atomic E-state index is 0.0520. The van der Waals surface area contributed by atoms with Crippen molar-refractivity contribution in [2.45, 2.75) is 38.4 Å². The number of hydrogen-bond donors (Lipinski definition) is 2. The second kappa shape index (κ2) is 6.97. The van der Waals surface area contributed by atoms with Gasteiger partial charge in [-0.15, -0.1) is 0 Å². The van der Waals surface area contributed by atoms with Gasteiger partial charge in [0.25, 0.3) is 0 Å². The number of ether oxygens (including phenoxy) is 1. The molecule has 0 spiro atoms. The minimum atomic E-state index is -4.55. The number of rotatable bonds is 6. The van der Waals surface area contributed by atoms with E-state index < -0.39 is 30.9 Å². The minimum Gasteiger partial charge on any atom is -0.481 e. The van der Waals surface area contributed by atoms with E-state index in [0.717, 1.165) is 0 Å². The third kappa shape index (κ3) is 10.8. The van der Waals surface area contributed by atoms with Crippen LogP contribution in [-0.4, -0.2) is 36.0 Å². The van der Waals surface area contributed by atoms with Gasteiger partial charge in [0.15, 0.2) is 6.61 Å². The van der Waals surface area contributed by atoms with E-state index >= 15 is 0 Å². The first kappa shape index (κ1) is 15.5. The van der Waals surface area contributed by atoms with Crippen molar-refractivity contribution >= 4 is 12.1 Å². The van der Waals surface area contributed by atoms with E-state index in [4.69, 9.17) is 5.11 Å². The standard InChI is InChI=1S/C9H14F3NO4/c1-6(3-2-4-7(14)15)13-8(16)17-5-9(10,11)12/h6H,2-5H2,1H3,(H,13,16)(H,14,15). The van der Waals surface area contributed by atoms with Gasteiger partial charge in [-0.05, 0) is 19.8 Å². The SMILES string of the molecule is CC(CCCC(=O)O)NC(=O)OCC(F)(F)F. The molecule has 0 saturated carbocycles. The third-order valence-electron chi connectivity index (χ3n) is 1.76. The van der Waals surface area contributed by atoms with Gasteiger partial charge in [-0.25, -0.2) is 4.79 Å². The Morgan fingerprint density at radius 3 is 2.47 bits per heavy atom. The molecule has 0 aliphatic rings. The number of carbonyl (C=O) groups is 2. The molecule has 0 heterocycles. The first-order chi connectivity index (χ1) is 7.70. The van der Waals surface area contributed by atoms with E-state index in [1.54, 1.807) is 6.92 Å². The number of halogens is 3. The van der Waals surface area contributed by atoms with Crippen molar-refractivity contribution in [3.63, 3.8) is 0 Å². The molecular weight excluding hydrogens is 243 g/mol. The van der Waals surface area contributed by atoms with E-state index in [2.05, 4.69) is 10.1 Å². The molecule has 0 fully saturated rings. The Kier molecular flexibility index (Phi) is 6.37. The fourth-order valence-electron chi connectivity index (χ4n) is 1.02. The van der Waals surface area contributed by atoms with E-state index in [-0.39, 0.29) is 6.42 Å². The molecule has 0 radical (unpaired) electrons. The number of nitrogens with one attached hydrogen (secondary N) is 1. The van der Waals surface area contributed by atoms with Crippen LogP contribution in [0.1, 0.15) is 26.2 Å². The Morgan fingerprint density at radius 2 is 2.00 bits per heavy atom. The van der Waals surface area contributed by atoms with Crippen LogP contribution < -0.4 is 5.32 Å². The number of amides is 1. The van der Waals surface area contributed by atoms with Crippen molar-refractivity contribution in [3.05, 3.63) is 0 Å². The van der Waals surface area contributed by atoms with E-state index in [1.807, 2.05) is 0 Å². The summed E-state index contributed by atoms with van der Waals surface area (Å²) < 4.78 is 38.9. The Bertz CT molecular complexity index is 267. The maximum absolute atomic E-state index is 11.7. The van der Waals surface area contributed by atoms with Crippen LogP contribution >= 0.6 is 0 Å². The molecule has 8 heteroatoms. The van der Waals surface area contributed by atoms with Crippen molar-refractivity contribution in [2.24, 2.45) is 0 Å². The second-order valence-corrected chi connectivity index (χ2v) is 3.52. The Morgan fingerprint density at radius 1 is 1.41 bits per heavy atom. The van der Waals surface area contributed by atoms with Gasteiger partial charge in [-0.2, -0.15) is 13.2 Å². The molecule has 0 bridgehead atoms. The number of hydrogen-bond acceptors (Lipinski definition) is 3. The fourth-order valence-corrected chi connectivity index (χ4v) is 1.02. The highest BCUT2D eigenvalue weighted by Crippen LogP contribution is 2.14. The van der Waals surface area contributed by atoms with Crippen LogP contribution in [0.25, 0.3) is 0 Å². The lowest BCUT2D eigenvalue weighted by atomic mass is 10.1. The molecule has 0 aromatic carbocycles. The average Bonchev–Trinajstić information content (AvgIpc) is 2.13. The summed E-state index contributed by atoms with van der Waals surface area (Å²) in [6.45, 7) is -0.0859. The van der Waals surface area contributed by atoms with Gasteiger partial charge in [-0.3, -0.25) is 4.79 Å². The Balaban J connectivity index is 3.69. The summed E-state index contributed by atoms with van der Waals surface area (Å²) in [5, 5.41) is 10.5. The zero-order chi connectivity index (χ0) is 13.5. The zero-order valence-corrected chi connectivity index (χ0v) is 9.21. The highest BCUT2D eigenvalue weighted by Gasteiger charge is 2.29. The molecular formula is C9H14F3NO4. The molecule has 2 N–H and O–H groups in total. The third-order valence-corrected chi connectivity index (χ3v) is 1.76. The van der Waals surface area contributed by atoms with Crippen LogP contribution in [0.3, 0.4) is 0 Å². The Hall–Kier alpha value is -1.47. The lowest BCUT2D eigenvalue weighted by molar-refractivity contribution is -0.160. The largest absolute Gasteiger partial charge is 0.481 e. The molecule has 0 aromatic heterocycles. The summed E-state index contributed by atoms with van der Waals surface area (Å²) >= 11 is 0. The molecule has 0 aromatic rings. The van der Waals surface area contributed by atoms with Crippen LogP contribution in [0, 0.1) is 0 Å². The molecule has 0 saturated heterocycles. The predicted molar refractivity (Wildman–Crippen MR) is 51.5 cm³/mol. The van der Waals surface area contributed by atoms with E-state index in [1.165, 1.54) is 0 Å². The van der Waals surface area contributed by atoms with Crippen LogP contribution in [0.15, 0.2) is 0 Å². The quantitative estimate of drug-likeness (QED) is 0.762. The van der Waals surface area contributed by atoms with Gasteiger partial charge in [0.1, 0.15) is 0 Å². The van der Waals surface area contributed by atoms with Crippen LogP contribution in [0.2, 0.25) is 0 Å². The maximum atomic E-state index is 11.7. The van der Waals surface area contributed by atoms with Gasteiger partial charge >= 0.3 is 18.2 Å². The molecule has 100 valence electrons. The number of aliphatic carboxylic acids is 1. The molecule has 17 heavy (non-hydrogen) atoms. The van der Waals surface area contributed by atoms with Crippen LogP contribution in [0.4, 0.5) is 18.0 Å². The topological polar surface area (TPSA) is 75.6 Å². The van der Waals surface area contributed by atoms with Gasteiger partial charge < -0.3 is 15.2 Å². The van der Waals surface area contributed by atoms with Crippen molar-refractivity contribution in [1.82, 2.24) is 5.32 Å². The van der Waals surface area contributed by atoms with Gasteiger partial charge in [0.05, 0.1) is 0 Å². The number of carboxylic acids is 1. The molecule has 5 nitrogen and oxygen atoms in total. The molecule has 0 aliphatic carbocycles. The second-order valence-electron chi connectivity index (χ2n) is 3.52. The van der Waals surface area contributed by atoms with Gasteiger partial charge in [0.2, 0.25) is 0 Å². The summed E-state index contributed by atoms with van der Waals surface area (Å²) in [7, 11) is 0. The molecule has 0 rings (SSSR count). The first-order valence-electron chi connectivity index (χ1n) is 4.92. The summed E-state index contributed by atoms with van der Waals surface area (Å²) in [6.07, 6.45) is -5.08. The normalized spacial score (nSPS) is 12.9. The number of carbonyl (C=O) groups excluding carboxylic acids is 1. The van der Waals surface area contributed by atoms with Crippen LogP contribution in [-0.2, 0) is 9.53 Å². The highest BCUT2D eigenvalue weighted by atomic mass is 19.4. The summed E-state index contributed by atoms with van der Waals surface area (Å²) in [6, 6.07) is -0.435. The first-order valence-corrected chi connectivity index (χ1v) is 4.92. The number of alkyl halides is 3. The molecule has 1 unspecified atom stereocenters. The Labute approximate surface area is 95.9 Å². The molecule has 0 aliphatic heterocycles. The van der Waals surface area contributed by atoms with Crippen molar-refractivity contribution < 1.29 is 32.6 Å².